The third-order valence-electron chi connectivity index (χ3n) is 3.15. The predicted octanol–water partition coefficient (Wildman–Crippen LogP) is 2.63. The van der Waals surface area contributed by atoms with Gasteiger partial charge in [0.15, 0.2) is 11.5 Å². The normalized spacial score (nSPS) is 11.2. The number of nitrogens with two attached hydrogens (primary N) is 1. The van der Waals surface area contributed by atoms with E-state index in [0.29, 0.717) is 18.0 Å². The Kier molecular flexibility index (Phi) is 4.00. The monoisotopic (exact) mass is 317 g/mol. The average molecular weight is 317 g/mol. The van der Waals surface area contributed by atoms with Crippen LogP contribution in [0.1, 0.15) is 11.4 Å². The molecule has 3 rings (SSSR count). The Balaban J connectivity index is 2.11. The summed E-state index contributed by atoms with van der Waals surface area (Å²) in [5.74, 6) is 0.116. The minimum absolute atomic E-state index is 0.278. The third-order valence-corrected chi connectivity index (χ3v) is 4.23. The van der Waals surface area contributed by atoms with Gasteiger partial charge in [0, 0.05) is 17.1 Å². The first kappa shape index (κ1) is 14.8. The fraction of sp³-hybridized carbons (Fsp3) is 0.200. The SMILES string of the molecule is CNCc1cc(C)nc2c(Sc3cccc(F)c3)c(N)nn12. The van der Waals surface area contributed by atoms with Gasteiger partial charge in [-0.05, 0) is 38.2 Å². The molecule has 3 aromatic rings. The van der Waals surface area contributed by atoms with Crippen LogP contribution in [0, 0.1) is 12.7 Å². The number of fused-ring (bicyclic) bond motifs is 1. The standard InChI is InChI=1S/C15H16FN5S/c1-9-6-11(8-18-2)21-15(19-9)13(14(17)20-21)22-12-5-3-4-10(16)7-12/h3-7,18H,8H2,1-2H3,(H2,17,20). The van der Waals surface area contributed by atoms with E-state index in [4.69, 9.17) is 5.73 Å². The molecule has 0 atom stereocenters. The minimum Gasteiger partial charge on any atom is -0.381 e. The van der Waals surface area contributed by atoms with Crippen molar-refractivity contribution in [3.63, 3.8) is 0 Å². The van der Waals surface area contributed by atoms with Crippen molar-refractivity contribution in [2.24, 2.45) is 0 Å². The van der Waals surface area contributed by atoms with Crippen LogP contribution in [0.4, 0.5) is 10.2 Å². The van der Waals surface area contributed by atoms with E-state index >= 15 is 0 Å². The fourth-order valence-electron chi connectivity index (χ4n) is 2.26. The molecule has 0 bridgehead atoms. The number of hydrogen-bond donors (Lipinski definition) is 2. The molecule has 2 heterocycles. The van der Waals surface area contributed by atoms with Crippen molar-refractivity contribution in [2.45, 2.75) is 23.3 Å². The molecule has 0 saturated carbocycles. The van der Waals surface area contributed by atoms with Gasteiger partial charge in [0.05, 0.1) is 5.69 Å². The van der Waals surface area contributed by atoms with Crippen molar-refractivity contribution < 1.29 is 4.39 Å². The number of aromatic nitrogens is 3. The summed E-state index contributed by atoms with van der Waals surface area (Å²) >= 11 is 1.37. The van der Waals surface area contributed by atoms with Gasteiger partial charge in [0.2, 0.25) is 0 Å². The van der Waals surface area contributed by atoms with E-state index in [9.17, 15) is 4.39 Å². The lowest BCUT2D eigenvalue weighted by Gasteiger charge is -2.06. The Morgan fingerprint density at radius 3 is 2.91 bits per heavy atom. The van der Waals surface area contributed by atoms with E-state index < -0.39 is 0 Å². The van der Waals surface area contributed by atoms with Gasteiger partial charge in [-0.25, -0.2) is 13.9 Å². The van der Waals surface area contributed by atoms with Gasteiger partial charge in [0.25, 0.3) is 0 Å². The predicted molar refractivity (Wildman–Crippen MR) is 85.4 cm³/mol. The summed E-state index contributed by atoms with van der Waals surface area (Å²) in [6.45, 7) is 2.59. The first-order chi connectivity index (χ1) is 10.6. The third kappa shape index (κ3) is 2.77. The summed E-state index contributed by atoms with van der Waals surface area (Å²) in [6, 6.07) is 8.35. The maximum absolute atomic E-state index is 13.3. The molecule has 1 aromatic carbocycles. The van der Waals surface area contributed by atoms with E-state index in [1.54, 1.807) is 10.6 Å². The maximum atomic E-state index is 13.3. The summed E-state index contributed by atoms with van der Waals surface area (Å²) in [5, 5.41) is 7.47. The highest BCUT2D eigenvalue weighted by atomic mass is 32.2. The van der Waals surface area contributed by atoms with Crippen LogP contribution in [0.5, 0.6) is 0 Å². The van der Waals surface area contributed by atoms with Crippen molar-refractivity contribution in [3.8, 4) is 0 Å². The van der Waals surface area contributed by atoms with Gasteiger partial charge in [-0.3, -0.25) is 0 Å². The van der Waals surface area contributed by atoms with Crippen LogP contribution in [0.3, 0.4) is 0 Å². The van der Waals surface area contributed by atoms with Crippen LogP contribution in [0.15, 0.2) is 40.1 Å². The minimum atomic E-state index is -0.278. The molecule has 0 amide bonds. The van der Waals surface area contributed by atoms with Gasteiger partial charge in [-0.15, -0.1) is 5.10 Å². The number of rotatable bonds is 4. The van der Waals surface area contributed by atoms with E-state index in [0.717, 1.165) is 21.2 Å². The Bertz CT molecular complexity index is 830. The van der Waals surface area contributed by atoms with Crippen molar-refractivity contribution in [1.82, 2.24) is 19.9 Å². The molecule has 7 heteroatoms. The lowest BCUT2D eigenvalue weighted by molar-refractivity contribution is 0.624. The maximum Gasteiger partial charge on any atom is 0.171 e. The van der Waals surface area contributed by atoms with Gasteiger partial charge >= 0.3 is 0 Å². The molecule has 0 radical (unpaired) electrons. The summed E-state index contributed by atoms with van der Waals surface area (Å²) < 4.78 is 15.1. The Labute approximate surface area is 131 Å². The molecular formula is C15H16FN5S. The Morgan fingerprint density at radius 1 is 1.36 bits per heavy atom. The van der Waals surface area contributed by atoms with Crippen LogP contribution < -0.4 is 11.1 Å². The number of benzene rings is 1. The van der Waals surface area contributed by atoms with Crippen LogP contribution in [-0.4, -0.2) is 21.6 Å². The molecule has 0 saturated heterocycles. The molecular weight excluding hydrogens is 301 g/mol. The zero-order valence-corrected chi connectivity index (χ0v) is 13.1. The van der Waals surface area contributed by atoms with Gasteiger partial charge in [-0.2, -0.15) is 0 Å². The molecule has 0 aliphatic rings. The first-order valence-electron chi connectivity index (χ1n) is 6.81. The molecule has 0 unspecified atom stereocenters. The van der Waals surface area contributed by atoms with Crippen molar-refractivity contribution >= 4 is 23.2 Å². The molecule has 0 spiro atoms. The van der Waals surface area contributed by atoms with Crippen LogP contribution in [-0.2, 0) is 6.54 Å². The average Bonchev–Trinajstić information content (AvgIpc) is 2.76. The highest BCUT2D eigenvalue weighted by Crippen LogP contribution is 2.35. The number of aryl methyl sites for hydroxylation is 1. The van der Waals surface area contributed by atoms with E-state index in [2.05, 4.69) is 15.4 Å². The number of nitrogens with zero attached hydrogens (tertiary/aromatic N) is 3. The zero-order chi connectivity index (χ0) is 15.7. The smallest absolute Gasteiger partial charge is 0.171 e. The second-order valence-corrected chi connectivity index (χ2v) is 6.01. The zero-order valence-electron chi connectivity index (χ0n) is 12.3. The largest absolute Gasteiger partial charge is 0.381 e. The van der Waals surface area contributed by atoms with Gasteiger partial charge < -0.3 is 11.1 Å². The molecule has 0 aliphatic heterocycles. The Hall–Kier alpha value is -2.12. The molecule has 0 aliphatic carbocycles. The Morgan fingerprint density at radius 2 is 2.18 bits per heavy atom. The molecule has 22 heavy (non-hydrogen) atoms. The number of nitrogens with one attached hydrogen (secondary N) is 1. The van der Waals surface area contributed by atoms with Gasteiger partial charge in [-0.1, -0.05) is 17.8 Å². The van der Waals surface area contributed by atoms with Crippen molar-refractivity contribution in [1.29, 1.82) is 0 Å². The number of nitrogen functional groups attached to an aromatic ring is 1. The number of halogens is 1. The molecule has 0 fully saturated rings. The van der Waals surface area contributed by atoms with E-state index in [1.807, 2.05) is 26.1 Å². The van der Waals surface area contributed by atoms with Crippen LogP contribution in [0.2, 0.25) is 0 Å². The quantitative estimate of drug-likeness (QED) is 0.774. The topological polar surface area (TPSA) is 68.2 Å². The lowest BCUT2D eigenvalue weighted by atomic mass is 10.3. The van der Waals surface area contributed by atoms with Crippen molar-refractivity contribution in [3.05, 3.63) is 47.5 Å². The summed E-state index contributed by atoms with van der Waals surface area (Å²) in [4.78, 5) is 6.04. The molecule has 2 aromatic heterocycles. The molecule has 3 N–H and O–H groups in total. The van der Waals surface area contributed by atoms with E-state index in [1.165, 1.54) is 23.9 Å². The summed E-state index contributed by atoms with van der Waals surface area (Å²) in [5.41, 5.74) is 8.60. The van der Waals surface area contributed by atoms with Crippen LogP contribution >= 0.6 is 11.8 Å². The first-order valence-corrected chi connectivity index (χ1v) is 7.63. The second kappa shape index (κ2) is 5.94. The van der Waals surface area contributed by atoms with Gasteiger partial charge in [0.1, 0.15) is 10.7 Å². The van der Waals surface area contributed by atoms with Crippen LogP contribution in [0.25, 0.3) is 5.65 Å². The highest BCUT2D eigenvalue weighted by molar-refractivity contribution is 7.99. The summed E-state index contributed by atoms with van der Waals surface area (Å²) in [6.07, 6.45) is 0. The fourth-order valence-corrected chi connectivity index (χ4v) is 3.19. The number of anilines is 1. The van der Waals surface area contributed by atoms with Crippen molar-refractivity contribution in [2.75, 3.05) is 12.8 Å². The van der Waals surface area contributed by atoms with E-state index in [-0.39, 0.29) is 5.82 Å². The second-order valence-electron chi connectivity index (χ2n) is 4.93. The molecule has 114 valence electrons. The molecule has 5 nitrogen and oxygen atoms in total. The summed E-state index contributed by atoms with van der Waals surface area (Å²) in [7, 11) is 1.87. The number of hydrogen-bond acceptors (Lipinski definition) is 5. The lowest BCUT2D eigenvalue weighted by Crippen LogP contribution is -2.11. The highest BCUT2D eigenvalue weighted by Gasteiger charge is 2.16.